The Labute approximate surface area is 168 Å². The molecule has 4 rings (SSSR count). The lowest BCUT2D eigenvalue weighted by molar-refractivity contribution is 0.590. The fourth-order valence-electron chi connectivity index (χ4n) is 3.55. The van der Waals surface area contributed by atoms with Crippen molar-refractivity contribution in [3.63, 3.8) is 0 Å². The summed E-state index contributed by atoms with van der Waals surface area (Å²) in [6.45, 7) is 6.78. The smallest absolute Gasteiger partial charge is 0.0132 e. The third kappa shape index (κ3) is 3.92. The van der Waals surface area contributed by atoms with Gasteiger partial charge in [0.25, 0.3) is 0 Å². The zero-order valence-electron chi connectivity index (χ0n) is 16.8. The lowest BCUT2D eigenvalue weighted by atomic mass is 9.85. The van der Waals surface area contributed by atoms with Crippen LogP contribution in [0.15, 0.2) is 103 Å². The average molecular weight is 363 g/mol. The third-order valence-electron chi connectivity index (χ3n) is 5.23. The number of benzene rings is 4. The average Bonchev–Trinajstić information content (AvgIpc) is 2.74. The molecule has 0 aliphatic heterocycles. The van der Waals surface area contributed by atoms with Crippen LogP contribution in [-0.4, -0.2) is 0 Å². The van der Waals surface area contributed by atoms with Crippen LogP contribution in [-0.2, 0) is 5.41 Å². The largest absolute Gasteiger partial charge is 0.0622 e. The van der Waals surface area contributed by atoms with Crippen LogP contribution >= 0.6 is 0 Å². The van der Waals surface area contributed by atoms with Gasteiger partial charge in [-0.2, -0.15) is 0 Å². The van der Waals surface area contributed by atoms with E-state index in [2.05, 4.69) is 124 Å². The number of hydrogen-bond acceptors (Lipinski definition) is 0. The first-order valence-electron chi connectivity index (χ1n) is 9.87. The quantitative estimate of drug-likeness (QED) is 0.346. The fourth-order valence-corrected chi connectivity index (χ4v) is 3.55. The molecule has 0 unspecified atom stereocenters. The molecule has 0 amide bonds. The Kier molecular flexibility index (Phi) is 4.88. The number of rotatable bonds is 3. The molecule has 0 aliphatic carbocycles. The summed E-state index contributed by atoms with van der Waals surface area (Å²) in [6.07, 6.45) is 0. The first kappa shape index (κ1) is 18.3. The maximum atomic E-state index is 2.32. The van der Waals surface area contributed by atoms with Crippen molar-refractivity contribution in [1.82, 2.24) is 0 Å². The van der Waals surface area contributed by atoms with Crippen LogP contribution in [0.5, 0.6) is 0 Å². The molecule has 0 heteroatoms. The molecule has 0 saturated heterocycles. The summed E-state index contributed by atoms with van der Waals surface area (Å²) >= 11 is 0. The normalized spacial score (nSPS) is 11.4. The molecule has 4 aromatic rings. The SMILES string of the molecule is CC(C)(C)c1cccc(-c2cccc(-c3cccc(-c4ccccc4)c3)c2)c1. The van der Waals surface area contributed by atoms with Crippen molar-refractivity contribution < 1.29 is 0 Å². The maximum Gasteiger partial charge on any atom is -0.0132 e. The van der Waals surface area contributed by atoms with Crippen molar-refractivity contribution in [3.8, 4) is 33.4 Å². The lowest BCUT2D eigenvalue weighted by Crippen LogP contribution is -2.10. The molecule has 0 atom stereocenters. The summed E-state index contributed by atoms with van der Waals surface area (Å²) in [5.41, 5.74) is 9.03. The van der Waals surface area contributed by atoms with Gasteiger partial charge in [-0.05, 0) is 56.5 Å². The van der Waals surface area contributed by atoms with Gasteiger partial charge in [0, 0.05) is 0 Å². The molecule has 0 bridgehead atoms. The van der Waals surface area contributed by atoms with Gasteiger partial charge in [-0.1, -0.05) is 112 Å². The van der Waals surface area contributed by atoms with Crippen molar-refractivity contribution in [3.05, 3.63) is 109 Å². The van der Waals surface area contributed by atoms with Crippen molar-refractivity contribution in [2.75, 3.05) is 0 Å². The van der Waals surface area contributed by atoms with Crippen LogP contribution in [0, 0.1) is 0 Å². The van der Waals surface area contributed by atoms with Gasteiger partial charge in [0.05, 0.1) is 0 Å². The summed E-state index contributed by atoms with van der Waals surface area (Å²) in [5, 5.41) is 0. The minimum Gasteiger partial charge on any atom is -0.0622 e. The van der Waals surface area contributed by atoms with Gasteiger partial charge in [0.15, 0.2) is 0 Å². The van der Waals surface area contributed by atoms with E-state index in [0.717, 1.165) is 0 Å². The molecule has 0 spiro atoms. The van der Waals surface area contributed by atoms with Gasteiger partial charge in [-0.15, -0.1) is 0 Å². The van der Waals surface area contributed by atoms with Crippen LogP contribution in [0.1, 0.15) is 26.3 Å². The van der Waals surface area contributed by atoms with Crippen LogP contribution in [0.3, 0.4) is 0 Å². The van der Waals surface area contributed by atoms with Gasteiger partial charge in [0.1, 0.15) is 0 Å². The molecule has 0 radical (unpaired) electrons. The molecular formula is C28H26. The van der Waals surface area contributed by atoms with Gasteiger partial charge in [0.2, 0.25) is 0 Å². The van der Waals surface area contributed by atoms with Gasteiger partial charge in [-0.3, -0.25) is 0 Å². The molecule has 0 aromatic heterocycles. The van der Waals surface area contributed by atoms with Gasteiger partial charge in [-0.25, -0.2) is 0 Å². The Morgan fingerprint density at radius 3 is 1.29 bits per heavy atom. The standard InChI is InChI=1S/C28H26/c1-28(2,3)27-17-9-16-26(20-27)25-15-8-14-24(19-25)23-13-7-12-22(18-23)21-10-5-4-6-11-21/h4-20H,1-3H3. The lowest BCUT2D eigenvalue weighted by Gasteiger charge is -2.20. The van der Waals surface area contributed by atoms with E-state index < -0.39 is 0 Å². The molecular weight excluding hydrogens is 336 g/mol. The first-order valence-corrected chi connectivity index (χ1v) is 9.87. The molecule has 0 aliphatic rings. The minimum absolute atomic E-state index is 0.150. The molecule has 28 heavy (non-hydrogen) atoms. The molecule has 0 saturated carbocycles. The highest BCUT2D eigenvalue weighted by atomic mass is 14.2. The van der Waals surface area contributed by atoms with E-state index in [0.29, 0.717) is 0 Å². The van der Waals surface area contributed by atoms with E-state index in [1.165, 1.54) is 38.9 Å². The summed E-state index contributed by atoms with van der Waals surface area (Å²) < 4.78 is 0. The van der Waals surface area contributed by atoms with Crippen LogP contribution < -0.4 is 0 Å². The second-order valence-corrected chi connectivity index (χ2v) is 8.36. The van der Waals surface area contributed by atoms with Crippen molar-refractivity contribution in [2.24, 2.45) is 0 Å². The fraction of sp³-hybridized carbons (Fsp3) is 0.143. The predicted molar refractivity (Wildman–Crippen MR) is 121 cm³/mol. The molecule has 138 valence electrons. The Bertz CT molecular complexity index is 1080. The van der Waals surface area contributed by atoms with E-state index in [1.54, 1.807) is 0 Å². The third-order valence-corrected chi connectivity index (χ3v) is 5.23. The van der Waals surface area contributed by atoms with E-state index >= 15 is 0 Å². The monoisotopic (exact) mass is 362 g/mol. The Morgan fingerprint density at radius 2 is 0.786 bits per heavy atom. The van der Waals surface area contributed by atoms with Crippen LogP contribution in [0.2, 0.25) is 0 Å². The van der Waals surface area contributed by atoms with Crippen molar-refractivity contribution in [1.29, 1.82) is 0 Å². The molecule has 0 fully saturated rings. The summed E-state index contributed by atoms with van der Waals surface area (Å²) in [7, 11) is 0. The van der Waals surface area contributed by atoms with Gasteiger partial charge < -0.3 is 0 Å². The van der Waals surface area contributed by atoms with Crippen LogP contribution in [0.4, 0.5) is 0 Å². The molecule has 0 heterocycles. The summed E-state index contributed by atoms with van der Waals surface area (Å²) in [5.74, 6) is 0. The van der Waals surface area contributed by atoms with Crippen molar-refractivity contribution in [2.45, 2.75) is 26.2 Å². The summed E-state index contributed by atoms with van der Waals surface area (Å²) in [4.78, 5) is 0. The summed E-state index contributed by atoms with van der Waals surface area (Å²) in [6, 6.07) is 37.1. The van der Waals surface area contributed by atoms with E-state index in [9.17, 15) is 0 Å². The molecule has 0 nitrogen and oxygen atoms in total. The molecule has 0 N–H and O–H groups in total. The van der Waals surface area contributed by atoms with E-state index in [-0.39, 0.29) is 5.41 Å². The molecule has 4 aromatic carbocycles. The predicted octanol–water partition coefficient (Wildman–Crippen LogP) is 7.99. The van der Waals surface area contributed by atoms with Gasteiger partial charge >= 0.3 is 0 Å². The first-order chi connectivity index (χ1) is 13.5. The second-order valence-electron chi connectivity index (χ2n) is 8.36. The Hall–Kier alpha value is -3.12. The Morgan fingerprint density at radius 1 is 0.393 bits per heavy atom. The minimum atomic E-state index is 0.150. The topological polar surface area (TPSA) is 0 Å². The van der Waals surface area contributed by atoms with Crippen molar-refractivity contribution >= 4 is 0 Å². The highest BCUT2D eigenvalue weighted by molar-refractivity contribution is 5.77. The second kappa shape index (κ2) is 7.48. The van der Waals surface area contributed by atoms with Crippen LogP contribution in [0.25, 0.3) is 33.4 Å². The van der Waals surface area contributed by atoms with E-state index in [4.69, 9.17) is 0 Å². The zero-order valence-corrected chi connectivity index (χ0v) is 16.8. The number of hydrogen-bond donors (Lipinski definition) is 0. The maximum absolute atomic E-state index is 2.32. The Balaban J connectivity index is 1.73. The highest BCUT2D eigenvalue weighted by Crippen LogP contribution is 2.31. The highest BCUT2D eigenvalue weighted by Gasteiger charge is 2.14. The zero-order chi connectivity index (χ0) is 19.6. The van der Waals surface area contributed by atoms with E-state index in [1.807, 2.05) is 0 Å².